The van der Waals surface area contributed by atoms with E-state index in [-0.39, 0.29) is 0 Å². The summed E-state index contributed by atoms with van der Waals surface area (Å²) in [4.78, 5) is 10.9. The zero-order chi connectivity index (χ0) is 13.1. The molecule has 0 atom stereocenters. The maximum atomic E-state index is 10.9. The van der Waals surface area contributed by atoms with Gasteiger partial charge in [0.1, 0.15) is 5.75 Å². The van der Waals surface area contributed by atoms with Crippen molar-refractivity contribution in [3.8, 4) is 11.5 Å². The molecule has 0 spiro atoms. The molecule has 0 fully saturated rings. The van der Waals surface area contributed by atoms with Gasteiger partial charge in [0.25, 0.3) is 0 Å². The summed E-state index contributed by atoms with van der Waals surface area (Å²) in [5.41, 5.74) is 1.40. The summed E-state index contributed by atoms with van der Waals surface area (Å²) < 4.78 is 5.65. The highest BCUT2D eigenvalue weighted by molar-refractivity contribution is 6.33. The first-order valence-electron chi connectivity index (χ1n) is 5.29. The minimum atomic E-state index is 0.321. The van der Waals surface area contributed by atoms with E-state index in [2.05, 4.69) is 0 Å². The molecule has 0 unspecified atom stereocenters. The van der Waals surface area contributed by atoms with Crippen molar-refractivity contribution < 1.29 is 9.53 Å². The molecule has 0 aliphatic carbocycles. The van der Waals surface area contributed by atoms with E-state index in [0.717, 1.165) is 5.56 Å². The van der Waals surface area contributed by atoms with Crippen LogP contribution in [0, 0.1) is 6.92 Å². The molecular formula is C14H10Cl2O2. The van der Waals surface area contributed by atoms with Gasteiger partial charge in [-0.2, -0.15) is 0 Å². The first-order valence-corrected chi connectivity index (χ1v) is 6.05. The van der Waals surface area contributed by atoms with Crippen LogP contribution in [0.3, 0.4) is 0 Å². The zero-order valence-electron chi connectivity index (χ0n) is 9.61. The minimum Gasteiger partial charge on any atom is -0.453 e. The fourth-order valence-electron chi connectivity index (χ4n) is 1.52. The van der Waals surface area contributed by atoms with Crippen LogP contribution in [0.1, 0.15) is 15.9 Å². The molecule has 0 aliphatic heterocycles. The van der Waals surface area contributed by atoms with Crippen LogP contribution in [-0.4, -0.2) is 6.29 Å². The van der Waals surface area contributed by atoms with Gasteiger partial charge in [-0.3, -0.25) is 4.79 Å². The number of para-hydroxylation sites is 1. The Labute approximate surface area is 115 Å². The van der Waals surface area contributed by atoms with Gasteiger partial charge in [0.05, 0.1) is 15.6 Å². The molecule has 92 valence electrons. The lowest BCUT2D eigenvalue weighted by atomic mass is 10.2. The van der Waals surface area contributed by atoms with E-state index < -0.39 is 0 Å². The van der Waals surface area contributed by atoms with Gasteiger partial charge in [-0.1, -0.05) is 35.3 Å². The normalized spacial score (nSPS) is 10.2. The molecule has 0 bridgehead atoms. The molecule has 2 rings (SSSR count). The highest BCUT2D eigenvalue weighted by Crippen LogP contribution is 2.35. The number of halogens is 2. The number of aryl methyl sites for hydroxylation is 1. The van der Waals surface area contributed by atoms with Crippen molar-refractivity contribution in [2.24, 2.45) is 0 Å². The van der Waals surface area contributed by atoms with Gasteiger partial charge < -0.3 is 4.74 Å². The number of carbonyl (C=O) groups is 1. The molecule has 0 radical (unpaired) electrons. The van der Waals surface area contributed by atoms with E-state index in [1.54, 1.807) is 30.3 Å². The SMILES string of the molecule is Cc1ccc(Cl)c(Oc2c(Cl)cccc2C=O)c1. The van der Waals surface area contributed by atoms with Crippen molar-refractivity contribution in [3.63, 3.8) is 0 Å². The van der Waals surface area contributed by atoms with Crippen molar-refractivity contribution in [2.45, 2.75) is 6.92 Å². The van der Waals surface area contributed by atoms with Crippen LogP contribution in [0.25, 0.3) is 0 Å². The molecule has 2 aromatic carbocycles. The van der Waals surface area contributed by atoms with Gasteiger partial charge in [-0.15, -0.1) is 0 Å². The Hall–Kier alpha value is -1.51. The number of hydrogen-bond acceptors (Lipinski definition) is 2. The van der Waals surface area contributed by atoms with Crippen LogP contribution in [0.15, 0.2) is 36.4 Å². The second-order valence-electron chi connectivity index (χ2n) is 3.81. The van der Waals surface area contributed by atoms with Crippen LogP contribution in [0.4, 0.5) is 0 Å². The van der Waals surface area contributed by atoms with E-state index >= 15 is 0 Å². The largest absolute Gasteiger partial charge is 0.453 e. The number of hydrogen-bond donors (Lipinski definition) is 0. The highest BCUT2D eigenvalue weighted by atomic mass is 35.5. The summed E-state index contributed by atoms with van der Waals surface area (Å²) in [6.07, 6.45) is 0.699. The molecule has 0 aromatic heterocycles. The average Bonchev–Trinajstić information content (AvgIpc) is 2.36. The smallest absolute Gasteiger partial charge is 0.156 e. The average molecular weight is 281 g/mol. The van der Waals surface area contributed by atoms with E-state index in [4.69, 9.17) is 27.9 Å². The fraction of sp³-hybridized carbons (Fsp3) is 0.0714. The summed E-state index contributed by atoms with van der Waals surface area (Å²) in [5, 5.41) is 0.842. The van der Waals surface area contributed by atoms with Crippen molar-refractivity contribution in [1.29, 1.82) is 0 Å². The number of carbonyl (C=O) groups excluding carboxylic acids is 1. The van der Waals surface area contributed by atoms with Crippen LogP contribution in [-0.2, 0) is 0 Å². The molecule has 2 nitrogen and oxygen atoms in total. The number of benzene rings is 2. The van der Waals surface area contributed by atoms with Crippen molar-refractivity contribution in [3.05, 3.63) is 57.6 Å². The van der Waals surface area contributed by atoms with Crippen LogP contribution in [0.2, 0.25) is 10.0 Å². The topological polar surface area (TPSA) is 26.3 Å². The second-order valence-corrected chi connectivity index (χ2v) is 4.63. The van der Waals surface area contributed by atoms with Gasteiger partial charge in [0.15, 0.2) is 12.0 Å². The quantitative estimate of drug-likeness (QED) is 0.747. The first-order chi connectivity index (χ1) is 8.61. The summed E-state index contributed by atoms with van der Waals surface area (Å²) in [5.74, 6) is 0.800. The van der Waals surface area contributed by atoms with Crippen molar-refractivity contribution in [2.75, 3.05) is 0 Å². The van der Waals surface area contributed by atoms with E-state index in [9.17, 15) is 4.79 Å². The molecule has 2 aromatic rings. The summed E-state index contributed by atoms with van der Waals surface area (Å²) >= 11 is 12.1. The Bertz CT molecular complexity index is 594. The molecule has 0 N–H and O–H groups in total. The van der Waals surface area contributed by atoms with Crippen LogP contribution >= 0.6 is 23.2 Å². The molecule has 4 heteroatoms. The standard InChI is InChI=1S/C14H10Cl2O2/c1-9-5-6-11(15)13(7-9)18-14-10(8-17)3-2-4-12(14)16/h2-8H,1H3. The lowest BCUT2D eigenvalue weighted by Crippen LogP contribution is -1.92. The highest BCUT2D eigenvalue weighted by Gasteiger charge is 2.11. The molecule has 0 saturated heterocycles. The van der Waals surface area contributed by atoms with Crippen molar-refractivity contribution >= 4 is 29.5 Å². The first kappa shape index (κ1) is 12.9. The summed E-state index contributed by atoms with van der Waals surface area (Å²) in [7, 11) is 0. The van der Waals surface area contributed by atoms with E-state index in [0.29, 0.717) is 33.4 Å². The molecule has 0 aliphatic rings. The molecule has 18 heavy (non-hydrogen) atoms. The van der Waals surface area contributed by atoms with E-state index in [1.807, 2.05) is 13.0 Å². The van der Waals surface area contributed by atoms with Gasteiger partial charge in [-0.25, -0.2) is 0 Å². The lowest BCUT2D eigenvalue weighted by molar-refractivity contribution is 0.112. The summed E-state index contributed by atoms with van der Waals surface area (Å²) in [6.45, 7) is 1.93. The molecular weight excluding hydrogens is 271 g/mol. The number of rotatable bonds is 3. The number of ether oxygens (including phenoxy) is 1. The monoisotopic (exact) mass is 280 g/mol. The van der Waals surface area contributed by atoms with Gasteiger partial charge in [0, 0.05) is 0 Å². The van der Waals surface area contributed by atoms with Crippen LogP contribution in [0.5, 0.6) is 11.5 Å². The minimum absolute atomic E-state index is 0.321. The van der Waals surface area contributed by atoms with Gasteiger partial charge in [-0.05, 0) is 36.8 Å². The predicted octanol–water partition coefficient (Wildman–Crippen LogP) is 4.91. The second kappa shape index (κ2) is 5.42. The summed E-state index contributed by atoms with van der Waals surface area (Å²) in [6, 6.07) is 10.4. The predicted molar refractivity (Wildman–Crippen MR) is 73.1 cm³/mol. The maximum absolute atomic E-state index is 10.9. The fourth-order valence-corrected chi connectivity index (χ4v) is 1.90. The maximum Gasteiger partial charge on any atom is 0.156 e. The zero-order valence-corrected chi connectivity index (χ0v) is 11.1. The lowest BCUT2D eigenvalue weighted by Gasteiger charge is -2.11. The van der Waals surface area contributed by atoms with Crippen LogP contribution < -0.4 is 4.74 Å². The molecule has 0 saturated carbocycles. The van der Waals surface area contributed by atoms with Crippen molar-refractivity contribution in [1.82, 2.24) is 0 Å². The third-order valence-electron chi connectivity index (χ3n) is 2.42. The van der Waals surface area contributed by atoms with Gasteiger partial charge in [0.2, 0.25) is 0 Å². The molecule has 0 heterocycles. The van der Waals surface area contributed by atoms with Gasteiger partial charge >= 0.3 is 0 Å². The Morgan fingerprint density at radius 1 is 1.11 bits per heavy atom. The Balaban J connectivity index is 2.45. The Morgan fingerprint density at radius 3 is 2.61 bits per heavy atom. The van der Waals surface area contributed by atoms with E-state index in [1.165, 1.54) is 0 Å². The Morgan fingerprint density at radius 2 is 1.89 bits per heavy atom. The third kappa shape index (κ3) is 2.66. The number of aldehydes is 1. The third-order valence-corrected chi connectivity index (χ3v) is 3.03. The Kier molecular flexibility index (Phi) is 3.90. The molecule has 0 amide bonds.